The minimum Gasteiger partial charge on any atom is -0.341 e. The zero-order valence-corrected chi connectivity index (χ0v) is 10.9. The van der Waals surface area contributed by atoms with Gasteiger partial charge in [-0.15, -0.1) is 11.3 Å². The second kappa shape index (κ2) is 4.24. The molecule has 0 aromatic carbocycles. The second-order valence-electron chi connectivity index (χ2n) is 4.68. The Balaban J connectivity index is 1.87. The van der Waals surface area contributed by atoms with Crippen LogP contribution in [0.2, 0.25) is 0 Å². The molecule has 3 rings (SSSR count). The van der Waals surface area contributed by atoms with Crippen molar-refractivity contribution in [1.82, 2.24) is 9.47 Å². The second-order valence-corrected chi connectivity index (χ2v) is 5.63. The van der Waals surface area contributed by atoms with Crippen LogP contribution in [0.25, 0.3) is 10.1 Å². The molecule has 94 valence electrons. The number of carbonyl (C=O) groups is 1. The fourth-order valence-electron chi connectivity index (χ4n) is 2.05. The third-order valence-electron chi connectivity index (χ3n) is 3.39. The number of amides is 1. The van der Waals surface area contributed by atoms with E-state index in [4.69, 9.17) is 0 Å². The first-order valence-corrected chi connectivity index (χ1v) is 6.87. The lowest BCUT2D eigenvalue weighted by Gasteiger charge is -2.16. The van der Waals surface area contributed by atoms with E-state index < -0.39 is 0 Å². The number of carbonyl (C=O) groups excluding carboxylic acids is 1. The van der Waals surface area contributed by atoms with Gasteiger partial charge in [0.2, 0.25) is 5.91 Å². The molecule has 4 nitrogen and oxygen atoms in total. The standard InChI is InChI=1S/C13H14N2O2S/c1-14(9-2-3-9)12(16)8-15-6-4-11-10(13(15)17)5-7-18-11/h4-7,9H,2-3,8H2,1H3. The van der Waals surface area contributed by atoms with E-state index in [9.17, 15) is 9.59 Å². The quantitative estimate of drug-likeness (QED) is 0.844. The van der Waals surface area contributed by atoms with Crippen LogP contribution >= 0.6 is 11.3 Å². The van der Waals surface area contributed by atoms with E-state index in [-0.39, 0.29) is 18.0 Å². The summed E-state index contributed by atoms with van der Waals surface area (Å²) in [5.74, 6) is 0.00850. The maximum Gasteiger partial charge on any atom is 0.259 e. The van der Waals surface area contributed by atoms with E-state index in [1.807, 2.05) is 24.6 Å². The van der Waals surface area contributed by atoms with E-state index in [0.29, 0.717) is 11.4 Å². The summed E-state index contributed by atoms with van der Waals surface area (Å²) < 4.78 is 2.47. The van der Waals surface area contributed by atoms with Crippen molar-refractivity contribution in [2.75, 3.05) is 7.05 Å². The van der Waals surface area contributed by atoms with E-state index >= 15 is 0 Å². The van der Waals surface area contributed by atoms with Crippen molar-refractivity contribution in [3.63, 3.8) is 0 Å². The predicted octanol–water partition coefficient (Wildman–Crippen LogP) is 1.68. The molecule has 2 aromatic heterocycles. The van der Waals surface area contributed by atoms with Crippen LogP contribution in [-0.4, -0.2) is 28.5 Å². The Morgan fingerprint density at radius 3 is 3.00 bits per heavy atom. The lowest BCUT2D eigenvalue weighted by Crippen LogP contribution is -2.34. The highest BCUT2D eigenvalue weighted by Crippen LogP contribution is 2.25. The van der Waals surface area contributed by atoms with Crippen LogP contribution in [0.15, 0.2) is 28.5 Å². The Kier molecular flexibility index (Phi) is 2.70. The maximum atomic E-state index is 12.1. The zero-order chi connectivity index (χ0) is 12.7. The van der Waals surface area contributed by atoms with Crippen LogP contribution in [0.4, 0.5) is 0 Å². The highest BCUT2D eigenvalue weighted by molar-refractivity contribution is 7.17. The van der Waals surface area contributed by atoms with Crippen molar-refractivity contribution in [3.05, 3.63) is 34.1 Å². The van der Waals surface area contributed by atoms with Gasteiger partial charge in [-0.1, -0.05) is 0 Å². The van der Waals surface area contributed by atoms with Gasteiger partial charge in [0.15, 0.2) is 0 Å². The molecule has 0 aliphatic heterocycles. The van der Waals surface area contributed by atoms with Crippen LogP contribution in [0.1, 0.15) is 12.8 Å². The number of hydrogen-bond acceptors (Lipinski definition) is 3. The summed E-state index contributed by atoms with van der Waals surface area (Å²) in [6.07, 6.45) is 3.88. The Morgan fingerprint density at radius 2 is 2.28 bits per heavy atom. The fraction of sp³-hybridized carbons (Fsp3) is 0.385. The van der Waals surface area contributed by atoms with Crippen molar-refractivity contribution in [2.24, 2.45) is 0 Å². The van der Waals surface area contributed by atoms with Crippen LogP contribution in [-0.2, 0) is 11.3 Å². The lowest BCUT2D eigenvalue weighted by atomic mass is 10.3. The molecule has 1 fully saturated rings. The average Bonchev–Trinajstić information content (AvgIpc) is 3.10. The summed E-state index contributed by atoms with van der Waals surface area (Å²) in [5, 5.41) is 2.60. The highest BCUT2D eigenvalue weighted by atomic mass is 32.1. The predicted molar refractivity (Wildman–Crippen MR) is 71.9 cm³/mol. The molecule has 0 atom stereocenters. The topological polar surface area (TPSA) is 42.3 Å². The van der Waals surface area contributed by atoms with E-state index in [0.717, 1.165) is 17.5 Å². The SMILES string of the molecule is CN(C(=O)Cn1ccc2sccc2c1=O)C1CC1. The number of nitrogens with zero attached hydrogens (tertiary/aromatic N) is 2. The largest absolute Gasteiger partial charge is 0.341 e. The van der Waals surface area contributed by atoms with Crippen molar-refractivity contribution >= 4 is 27.3 Å². The molecule has 0 bridgehead atoms. The molecule has 0 N–H and O–H groups in total. The van der Waals surface area contributed by atoms with Gasteiger partial charge in [0.25, 0.3) is 5.56 Å². The minimum atomic E-state index is -0.0775. The molecule has 0 unspecified atom stereocenters. The Bertz CT molecular complexity index is 654. The summed E-state index contributed by atoms with van der Waals surface area (Å²) in [6, 6.07) is 4.10. The number of pyridine rings is 1. The van der Waals surface area contributed by atoms with E-state index in [2.05, 4.69) is 0 Å². The molecular formula is C13H14N2O2S. The van der Waals surface area contributed by atoms with Crippen molar-refractivity contribution < 1.29 is 4.79 Å². The van der Waals surface area contributed by atoms with Gasteiger partial charge in [0.1, 0.15) is 6.54 Å². The third kappa shape index (κ3) is 1.95. The van der Waals surface area contributed by atoms with Gasteiger partial charge in [0, 0.05) is 24.0 Å². The minimum absolute atomic E-state index is 0.00850. The molecule has 0 saturated heterocycles. The number of hydrogen-bond donors (Lipinski definition) is 0. The highest BCUT2D eigenvalue weighted by Gasteiger charge is 2.29. The van der Waals surface area contributed by atoms with Crippen LogP contribution in [0.3, 0.4) is 0 Å². The van der Waals surface area contributed by atoms with Crippen LogP contribution in [0.5, 0.6) is 0 Å². The lowest BCUT2D eigenvalue weighted by molar-refractivity contribution is -0.131. The van der Waals surface area contributed by atoms with Crippen molar-refractivity contribution in [3.8, 4) is 0 Å². The van der Waals surface area contributed by atoms with Gasteiger partial charge in [-0.05, 0) is 30.4 Å². The molecule has 1 aliphatic carbocycles. The first-order valence-electron chi connectivity index (χ1n) is 5.99. The summed E-state index contributed by atoms with van der Waals surface area (Å²) in [6.45, 7) is 0.137. The molecule has 1 aliphatic rings. The van der Waals surface area contributed by atoms with Gasteiger partial charge in [-0.3, -0.25) is 9.59 Å². The van der Waals surface area contributed by atoms with Crippen molar-refractivity contribution in [1.29, 1.82) is 0 Å². The molecule has 0 radical (unpaired) electrons. The van der Waals surface area contributed by atoms with Gasteiger partial charge in [-0.25, -0.2) is 0 Å². The van der Waals surface area contributed by atoms with E-state index in [1.54, 1.807) is 22.4 Å². The zero-order valence-electron chi connectivity index (χ0n) is 10.1. The number of likely N-dealkylation sites (N-methyl/N-ethyl adjacent to an activating group) is 1. The molecule has 1 saturated carbocycles. The third-order valence-corrected chi connectivity index (χ3v) is 4.27. The number of aromatic nitrogens is 1. The first-order chi connectivity index (χ1) is 8.66. The Labute approximate surface area is 108 Å². The van der Waals surface area contributed by atoms with Gasteiger partial charge in [0.05, 0.1) is 5.39 Å². The van der Waals surface area contributed by atoms with Gasteiger partial charge < -0.3 is 9.47 Å². The Hall–Kier alpha value is -1.62. The molecule has 18 heavy (non-hydrogen) atoms. The average molecular weight is 262 g/mol. The molecule has 0 spiro atoms. The summed E-state index contributed by atoms with van der Waals surface area (Å²) in [7, 11) is 1.81. The van der Waals surface area contributed by atoms with Gasteiger partial charge in [-0.2, -0.15) is 0 Å². The molecule has 1 amide bonds. The maximum absolute atomic E-state index is 12.1. The van der Waals surface area contributed by atoms with Crippen LogP contribution < -0.4 is 5.56 Å². The van der Waals surface area contributed by atoms with Crippen LogP contribution in [0, 0.1) is 0 Å². The summed E-state index contributed by atoms with van der Waals surface area (Å²) >= 11 is 1.54. The first kappa shape index (κ1) is 11.5. The number of thiophene rings is 1. The normalized spacial score (nSPS) is 14.9. The smallest absolute Gasteiger partial charge is 0.259 e. The number of fused-ring (bicyclic) bond motifs is 1. The summed E-state index contributed by atoms with van der Waals surface area (Å²) in [4.78, 5) is 25.9. The van der Waals surface area contributed by atoms with E-state index in [1.165, 1.54) is 4.57 Å². The molecule has 2 heterocycles. The fourth-order valence-corrected chi connectivity index (χ4v) is 2.83. The monoisotopic (exact) mass is 262 g/mol. The van der Waals surface area contributed by atoms with Crippen molar-refractivity contribution in [2.45, 2.75) is 25.4 Å². The molecule has 2 aromatic rings. The molecule has 5 heteroatoms. The summed E-state index contributed by atoms with van der Waals surface area (Å²) in [5.41, 5.74) is -0.0775. The van der Waals surface area contributed by atoms with Gasteiger partial charge >= 0.3 is 0 Å². The number of rotatable bonds is 3. The Morgan fingerprint density at radius 1 is 1.50 bits per heavy atom. The molecular weight excluding hydrogens is 248 g/mol.